The second-order valence-corrected chi connectivity index (χ2v) is 6.57. The number of guanidine groups is 1. The molecule has 0 aliphatic carbocycles. The van der Waals surface area contributed by atoms with Crippen LogP contribution in [0.2, 0.25) is 0 Å². The number of H-pyrrole nitrogens is 1. The molecular weight excluding hydrogens is 495 g/mol. The van der Waals surface area contributed by atoms with E-state index < -0.39 is 0 Å². The number of anilines is 1. The summed E-state index contributed by atoms with van der Waals surface area (Å²) in [5, 5.41) is 13.4. The molecule has 2 aromatic carbocycles. The monoisotopic (exact) mass is 520 g/mol. The predicted octanol–water partition coefficient (Wildman–Crippen LogP) is 3.83. The Balaban J connectivity index is 0.00000256. The van der Waals surface area contributed by atoms with Crippen molar-refractivity contribution in [2.24, 2.45) is 4.99 Å². The zero-order chi connectivity index (χ0) is 19.9. The number of nitrogens with one attached hydrogen (secondary N) is 3. The number of aromatic nitrogens is 3. The van der Waals surface area contributed by atoms with E-state index in [1.54, 1.807) is 0 Å². The van der Waals surface area contributed by atoms with Gasteiger partial charge in [0, 0.05) is 30.3 Å². The first kappa shape index (κ1) is 21.9. The van der Waals surface area contributed by atoms with E-state index >= 15 is 0 Å². The van der Waals surface area contributed by atoms with Gasteiger partial charge in [0.2, 0.25) is 0 Å². The van der Waals surface area contributed by atoms with Gasteiger partial charge in [0.05, 0.1) is 19.8 Å². The molecule has 0 atom stereocenters. The number of aromatic amines is 1. The number of benzene rings is 2. The zero-order valence-electron chi connectivity index (χ0n) is 16.7. The fraction of sp³-hybridized carbons (Fsp3) is 0.286. The summed E-state index contributed by atoms with van der Waals surface area (Å²) in [6.45, 7) is 4.66. The van der Waals surface area contributed by atoms with Crippen LogP contribution in [-0.4, -0.2) is 40.9 Å². The average Bonchev–Trinajstić information content (AvgIpc) is 3.19. The van der Waals surface area contributed by atoms with Gasteiger partial charge in [-0.05, 0) is 30.7 Å². The largest absolute Gasteiger partial charge is 0.490 e. The maximum absolute atomic E-state index is 5.77. The molecule has 0 spiro atoms. The Morgan fingerprint density at radius 2 is 2.00 bits per heavy atom. The van der Waals surface area contributed by atoms with E-state index in [-0.39, 0.29) is 24.0 Å². The minimum Gasteiger partial charge on any atom is -0.490 e. The number of nitrogens with zero attached hydrogens (tertiary/aromatic N) is 3. The third kappa shape index (κ3) is 5.62. The first-order chi connectivity index (χ1) is 14.3. The van der Waals surface area contributed by atoms with Gasteiger partial charge in [-0.25, -0.2) is 9.98 Å². The van der Waals surface area contributed by atoms with Crippen LogP contribution in [0.25, 0.3) is 11.4 Å². The molecule has 0 amide bonds. The number of ether oxygens (including phenoxy) is 2. The van der Waals surface area contributed by atoms with Crippen LogP contribution in [0.4, 0.5) is 5.69 Å². The Labute approximate surface area is 192 Å². The minimum absolute atomic E-state index is 0. The fourth-order valence-electron chi connectivity index (χ4n) is 3.02. The van der Waals surface area contributed by atoms with Crippen molar-refractivity contribution in [2.45, 2.75) is 19.9 Å². The van der Waals surface area contributed by atoms with E-state index in [9.17, 15) is 0 Å². The molecule has 4 rings (SSSR count). The minimum atomic E-state index is 0. The molecule has 9 heteroatoms. The van der Waals surface area contributed by atoms with E-state index in [2.05, 4.69) is 31.9 Å². The van der Waals surface area contributed by atoms with Gasteiger partial charge >= 0.3 is 0 Å². The molecule has 0 saturated heterocycles. The number of rotatable bonds is 5. The third-order valence-corrected chi connectivity index (χ3v) is 4.39. The summed E-state index contributed by atoms with van der Waals surface area (Å²) in [4.78, 5) is 8.91. The van der Waals surface area contributed by atoms with Gasteiger partial charge in [-0.2, -0.15) is 5.10 Å². The van der Waals surface area contributed by atoms with E-state index in [0.717, 1.165) is 47.1 Å². The molecule has 158 valence electrons. The van der Waals surface area contributed by atoms with Crippen LogP contribution in [-0.2, 0) is 6.54 Å². The predicted molar refractivity (Wildman–Crippen MR) is 128 cm³/mol. The number of aliphatic imine (C=N–C) groups is 1. The van der Waals surface area contributed by atoms with Crippen molar-refractivity contribution < 1.29 is 9.47 Å². The highest BCUT2D eigenvalue weighted by Crippen LogP contribution is 2.32. The van der Waals surface area contributed by atoms with Crippen molar-refractivity contribution in [1.82, 2.24) is 20.5 Å². The van der Waals surface area contributed by atoms with Crippen molar-refractivity contribution >= 4 is 35.6 Å². The van der Waals surface area contributed by atoms with Crippen LogP contribution in [0.3, 0.4) is 0 Å². The highest BCUT2D eigenvalue weighted by molar-refractivity contribution is 14.0. The molecule has 0 saturated carbocycles. The third-order valence-electron chi connectivity index (χ3n) is 4.39. The normalized spacial score (nSPS) is 13.2. The lowest BCUT2D eigenvalue weighted by Gasteiger charge is -2.14. The van der Waals surface area contributed by atoms with Gasteiger partial charge in [0.1, 0.15) is 6.33 Å². The topological polar surface area (TPSA) is 96.5 Å². The molecule has 2 heterocycles. The van der Waals surface area contributed by atoms with Crippen LogP contribution < -0.4 is 20.1 Å². The van der Waals surface area contributed by atoms with E-state index in [1.807, 2.05) is 43.3 Å². The van der Waals surface area contributed by atoms with Gasteiger partial charge in [-0.3, -0.25) is 5.10 Å². The molecule has 0 radical (unpaired) electrons. The van der Waals surface area contributed by atoms with Crippen molar-refractivity contribution in [1.29, 1.82) is 0 Å². The Morgan fingerprint density at radius 1 is 1.13 bits per heavy atom. The molecule has 0 unspecified atom stereocenters. The van der Waals surface area contributed by atoms with Gasteiger partial charge in [0.15, 0.2) is 23.3 Å². The lowest BCUT2D eigenvalue weighted by atomic mass is 10.1. The summed E-state index contributed by atoms with van der Waals surface area (Å²) in [5.74, 6) is 2.97. The van der Waals surface area contributed by atoms with Gasteiger partial charge in [0.25, 0.3) is 0 Å². The molecule has 3 N–H and O–H groups in total. The molecular formula is C21H25IN6O2. The summed E-state index contributed by atoms with van der Waals surface area (Å²) >= 11 is 0. The van der Waals surface area contributed by atoms with Crippen LogP contribution >= 0.6 is 24.0 Å². The van der Waals surface area contributed by atoms with Crippen LogP contribution in [0.15, 0.2) is 53.8 Å². The Morgan fingerprint density at radius 3 is 2.80 bits per heavy atom. The van der Waals surface area contributed by atoms with E-state index in [0.29, 0.717) is 25.7 Å². The Hall–Kier alpha value is -2.82. The van der Waals surface area contributed by atoms with E-state index in [1.165, 1.54) is 6.33 Å². The second-order valence-electron chi connectivity index (χ2n) is 6.57. The molecule has 0 bridgehead atoms. The average molecular weight is 520 g/mol. The van der Waals surface area contributed by atoms with Gasteiger partial charge < -0.3 is 20.1 Å². The number of fused-ring (bicyclic) bond motifs is 1. The molecule has 1 aliphatic heterocycles. The van der Waals surface area contributed by atoms with Crippen LogP contribution in [0.5, 0.6) is 11.5 Å². The van der Waals surface area contributed by atoms with Crippen molar-refractivity contribution in [2.75, 3.05) is 25.1 Å². The maximum atomic E-state index is 5.77. The Bertz CT molecular complexity index is 977. The number of hydrogen-bond donors (Lipinski definition) is 3. The van der Waals surface area contributed by atoms with Crippen LogP contribution in [0, 0.1) is 0 Å². The molecule has 8 nitrogen and oxygen atoms in total. The summed E-state index contributed by atoms with van der Waals surface area (Å²) < 4.78 is 11.5. The molecule has 0 fully saturated rings. The lowest BCUT2D eigenvalue weighted by Crippen LogP contribution is -2.30. The summed E-state index contributed by atoms with van der Waals surface area (Å²) in [7, 11) is 0. The summed E-state index contributed by atoms with van der Waals surface area (Å²) in [5.41, 5.74) is 2.95. The smallest absolute Gasteiger partial charge is 0.196 e. The summed E-state index contributed by atoms with van der Waals surface area (Å²) in [6.07, 6.45) is 2.39. The van der Waals surface area contributed by atoms with Crippen molar-refractivity contribution in [3.05, 3.63) is 54.4 Å². The maximum Gasteiger partial charge on any atom is 0.196 e. The lowest BCUT2D eigenvalue weighted by molar-refractivity contribution is 0.297. The first-order valence-electron chi connectivity index (χ1n) is 9.71. The second kappa shape index (κ2) is 10.8. The first-order valence-corrected chi connectivity index (χ1v) is 9.71. The van der Waals surface area contributed by atoms with Crippen LogP contribution in [0.1, 0.15) is 18.9 Å². The fourth-order valence-corrected chi connectivity index (χ4v) is 3.02. The molecule has 1 aromatic heterocycles. The van der Waals surface area contributed by atoms with E-state index in [4.69, 9.17) is 14.5 Å². The molecule has 3 aromatic rings. The standard InChI is InChI=1S/C21H24N6O2.HI/c1-2-22-21(26-17-7-8-18-19(12-17)29-10-4-9-28-18)23-13-15-5-3-6-16(11-15)20-24-14-25-27-20;/h3,5-8,11-12,14H,2,4,9-10,13H2,1H3,(H2,22,23,26)(H,24,25,27);1H. The van der Waals surface area contributed by atoms with Crippen molar-refractivity contribution in [3.63, 3.8) is 0 Å². The SMILES string of the molecule is CCNC(=NCc1cccc(-c2ncn[nH]2)c1)Nc1ccc2c(c1)OCCCO2.I. The molecule has 30 heavy (non-hydrogen) atoms. The van der Waals surface area contributed by atoms with Gasteiger partial charge in [-0.15, -0.1) is 24.0 Å². The quantitative estimate of drug-likeness (QED) is 0.269. The van der Waals surface area contributed by atoms with Crippen molar-refractivity contribution in [3.8, 4) is 22.9 Å². The highest BCUT2D eigenvalue weighted by atomic mass is 127. The summed E-state index contributed by atoms with van der Waals surface area (Å²) in [6, 6.07) is 13.9. The number of hydrogen-bond acceptors (Lipinski definition) is 5. The zero-order valence-corrected chi connectivity index (χ0v) is 19.1. The Kier molecular flexibility index (Phi) is 7.89. The molecule has 1 aliphatic rings. The number of halogens is 1. The van der Waals surface area contributed by atoms with Gasteiger partial charge in [-0.1, -0.05) is 18.2 Å². The highest BCUT2D eigenvalue weighted by Gasteiger charge is 2.11.